The lowest BCUT2D eigenvalue weighted by Crippen LogP contribution is -2.40. The number of nitrogens with one attached hydrogen (secondary N) is 2. The Morgan fingerprint density at radius 1 is 1.17 bits per heavy atom. The van der Waals surface area contributed by atoms with Gasteiger partial charge in [0.15, 0.2) is 5.96 Å². The number of hydrogen-bond acceptors (Lipinski definition) is 4. The normalized spacial score (nSPS) is 11.8. The summed E-state index contributed by atoms with van der Waals surface area (Å²) in [6.45, 7) is 14.0. The molecule has 3 aromatic rings. The minimum absolute atomic E-state index is 0.605. The Hall–Kier alpha value is -3.16. The fraction of sp³-hybridized carbons (Fsp3) is 0.455. The van der Waals surface area contributed by atoms with E-state index in [1.165, 1.54) is 5.52 Å². The van der Waals surface area contributed by atoms with E-state index in [1.54, 1.807) is 6.33 Å². The van der Waals surface area contributed by atoms with E-state index < -0.39 is 0 Å². The fourth-order valence-corrected chi connectivity index (χ4v) is 3.34. The van der Waals surface area contributed by atoms with E-state index in [9.17, 15) is 0 Å². The Morgan fingerprint density at radius 3 is 2.77 bits per heavy atom. The molecule has 0 spiro atoms. The van der Waals surface area contributed by atoms with Gasteiger partial charge in [0.2, 0.25) is 0 Å². The summed E-state index contributed by atoms with van der Waals surface area (Å²) in [5.74, 6) is 2.84. The third-order valence-electron chi connectivity index (χ3n) is 4.86. The van der Waals surface area contributed by atoms with Crippen molar-refractivity contribution in [2.24, 2.45) is 4.99 Å². The van der Waals surface area contributed by atoms with Crippen LogP contribution in [-0.2, 0) is 19.5 Å². The molecule has 30 heavy (non-hydrogen) atoms. The smallest absolute Gasteiger partial charge is 0.191 e. The second-order valence-corrected chi connectivity index (χ2v) is 7.42. The monoisotopic (exact) mass is 408 g/mol. The summed E-state index contributed by atoms with van der Waals surface area (Å²) in [5.41, 5.74) is 3.27. The molecular weight excluding hydrogens is 376 g/mol. The van der Waals surface area contributed by atoms with E-state index in [4.69, 9.17) is 0 Å². The van der Waals surface area contributed by atoms with Gasteiger partial charge in [-0.2, -0.15) is 0 Å². The van der Waals surface area contributed by atoms with Crippen molar-refractivity contribution in [2.45, 2.75) is 46.7 Å². The van der Waals surface area contributed by atoms with Gasteiger partial charge in [-0.15, -0.1) is 10.2 Å². The predicted octanol–water partition coefficient (Wildman–Crippen LogP) is 2.70. The van der Waals surface area contributed by atoms with E-state index >= 15 is 0 Å². The number of guanidine groups is 1. The zero-order chi connectivity index (χ0) is 21.3. The lowest BCUT2D eigenvalue weighted by atomic mass is 10.3. The maximum atomic E-state index is 4.64. The van der Waals surface area contributed by atoms with Crippen LogP contribution in [0.5, 0.6) is 0 Å². The predicted molar refractivity (Wildman–Crippen MR) is 122 cm³/mol. The van der Waals surface area contributed by atoms with Crippen LogP contribution in [-0.4, -0.2) is 49.9 Å². The minimum Gasteiger partial charge on any atom is -0.356 e. The van der Waals surface area contributed by atoms with Crippen LogP contribution in [0, 0.1) is 6.92 Å². The third kappa shape index (κ3) is 5.68. The first-order valence-corrected chi connectivity index (χ1v) is 10.5. The number of para-hydroxylation sites is 2. The molecule has 0 atom stereocenters. The molecule has 0 radical (unpaired) electrons. The van der Waals surface area contributed by atoms with Crippen LogP contribution in [0.2, 0.25) is 0 Å². The summed E-state index contributed by atoms with van der Waals surface area (Å²) in [7, 11) is 0. The summed E-state index contributed by atoms with van der Waals surface area (Å²) in [5, 5.41) is 14.9. The van der Waals surface area contributed by atoms with Crippen molar-refractivity contribution in [1.82, 2.24) is 34.9 Å². The number of aryl methyl sites for hydroxylation is 3. The van der Waals surface area contributed by atoms with Crippen LogP contribution in [0.25, 0.3) is 11.0 Å². The van der Waals surface area contributed by atoms with E-state index in [-0.39, 0.29) is 0 Å². The summed E-state index contributed by atoms with van der Waals surface area (Å²) < 4.78 is 4.34. The van der Waals surface area contributed by atoms with Crippen molar-refractivity contribution in [3.63, 3.8) is 0 Å². The fourth-order valence-electron chi connectivity index (χ4n) is 3.34. The average Bonchev–Trinajstić information content (AvgIpc) is 3.32. The first-order valence-electron chi connectivity index (χ1n) is 10.5. The molecule has 0 saturated heterocycles. The summed E-state index contributed by atoms with van der Waals surface area (Å²) in [4.78, 5) is 9.26. The van der Waals surface area contributed by atoms with Crippen molar-refractivity contribution in [1.29, 1.82) is 0 Å². The van der Waals surface area contributed by atoms with Gasteiger partial charge in [0.25, 0.3) is 0 Å². The van der Waals surface area contributed by atoms with Crippen LogP contribution in [0.4, 0.5) is 0 Å². The summed E-state index contributed by atoms with van der Waals surface area (Å²) in [6.07, 6.45) is 3.62. The van der Waals surface area contributed by atoms with Gasteiger partial charge in [0, 0.05) is 32.6 Å². The van der Waals surface area contributed by atoms with Crippen molar-refractivity contribution < 1.29 is 0 Å². The van der Waals surface area contributed by atoms with Crippen LogP contribution >= 0.6 is 0 Å². The molecule has 3 rings (SSSR count). The number of nitrogens with zero attached hydrogens (tertiary/aromatic N) is 6. The Kier molecular flexibility index (Phi) is 7.59. The molecule has 0 aliphatic heterocycles. The molecule has 0 bridgehead atoms. The summed E-state index contributed by atoms with van der Waals surface area (Å²) >= 11 is 0. The second kappa shape index (κ2) is 10.6. The van der Waals surface area contributed by atoms with Crippen LogP contribution < -0.4 is 10.6 Å². The zero-order valence-electron chi connectivity index (χ0n) is 18.2. The van der Waals surface area contributed by atoms with E-state index in [1.807, 2.05) is 13.0 Å². The van der Waals surface area contributed by atoms with Gasteiger partial charge in [0.1, 0.15) is 18.0 Å². The molecule has 0 aliphatic rings. The largest absolute Gasteiger partial charge is 0.356 e. The average molecular weight is 409 g/mol. The molecule has 2 N–H and O–H groups in total. The lowest BCUT2D eigenvalue weighted by molar-refractivity contribution is 0.610. The molecule has 8 heteroatoms. The third-order valence-corrected chi connectivity index (χ3v) is 4.86. The first kappa shape index (κ1) is 21.5. The minimum atomic E-state index is 0.605. The molecule has 2 heterocycles. The first-order chi connectivity index (χ1) is 14.6. The molecule has 0 unspecified atom stereocenters. The highest BCUT2D eigenvalue weighted by molar-refractivity contribution is 5.80. The Bertz CT molecular complexity index is 998. The van der Waals surface area contributed by atoms with Crippen molar-refractivity contribution in [2.75, 3.05) is 19.6 Å². The number of aromatic nitrogens is 5. The highest BCUT2D eigenvalue weighted by atomic mass is 15.3. The second-order valence-electron chi connectivity index (χ2n) is 7.42. The quantitative estimate of drug-likeness (QED) is 0.233. The maximum Gasteiger partial charge on any atom is 0.191 e. The van der Waals surface area contributed by atoms with Gasteiger partial charge >= 0.3 is 0 Å². The van der Waals surface area contributed by atoms with Gasteiger partial charge in [0.05, 0.1) is 17.6 Å². The maximum absolute atomic E-state index is 4.64. The van der Waals surface area contributed by atoms with Crippen molar-refractivity contribution in [3.05, 3.63) is 54.4 Å². The van der Waals surface area contributed by atoms with Crippen LogP contribution in [0.15, 0.2) is 47.7 Å². The molecule has 0 aliphatic carbocycles. The van der Waals surface area contributed by atoms with E-state index in [0.717, 1.165) is 67.7 Å². The number of fused-ring (bicyclic) bond motifs is 1. The highest BCUT2D eigenvalue weighted by Crippen LogP contribution is 2.15. The van der Waals surface area contributed by atoms with Gasteiger partial charge in [-0.05, 0) is 32.4 Å². The molecular formula is C22H32N8. The number of hydrogen-bond donors (Lipinski definition) is 2. The standard InChI is InChI=1S/C22H32N8/c1-5-21-28-26-16-29(21)14-12-24-22(25-15-17(2)3)23-11-8-13-30-18(4)27-19-9-6-7-10-20(19)30/h6-7,9-10,16H,2,5,8,11-15H2,1,3-4H3,(H2,23,24,25). The Labute approximate surface area is 178 Å². The molecule has 0 fully saturated rings. The molecule has 8 nitrogen and oxygen atoms in total. The van der Waals surface area contributed by atoms with Gasteiger partial charge < -0.3 is 19.8 Å². The van der Waals surface area contributed by atoms with Crippen molar-refractivity contribution >= 4 is 17.0 Å². The van der Waals surface area contributed by atoms with Crippen LogP contribution in [0.3, 0.4) is 0 Å². The highest BCUT2D eigenvalue weighted by Gasteiger charge is 2.07. The molecule has 1 aromatic carbocycles. The van der Waals surface area contributed by atoms with Gasteiger partial charge in [-0.3, -0.25) is 0 Å². The van der Waals surface area contributed by atoms with Crippen molar-refractivity contribution in [3.8, 4) is 0 Å². The Morgan fingerprint density at radius 2 is 1.97 bits per heavy atom. The van der Waals surface area contributed by atoms with Crippen LogP contribution in [0.1, 0.15) is 31.9 Å². The Balaban J connectivity index is 1.51. The number of rotatable bonds is 10. The SMILES string of the molecule is C=C(C)CN=C(NCCCn1c(C)nc2ccccc21)NCCn1cnnc1CC. The van der Waals surface area contributed by atoms with E-state index in [2.05, 4.69) is 78.6 Å². The zero-order valence-corrected chi connectivity index (χ0v) is 18.2. The number of aliphatic imine (C=N–C) groups is 1. The molecule has 0 saturated carbocycles. The molecule has 160 valence electrons. The molecule has 2 aromatic heterocycles. The molecule has 0 amide bonds. The number of imidazole rings is 1. The van der Waals surface area contributed by atoms with E-state index in [0.29, 0.717) is 6.54 Å². The lowest BCUT2D eigenvalue weighted by Gasteiger charge is -2.14. The van der Waals surface area contributed by atoms with Gasteiger partial charge in [-0.1, -0.05) is 31.2 Å². The topological polar surface area (TPSA) is 85.0 Å². The number of benzene rings is 1. The summed E-state index contributed by atoms with van der Waals surface area (Å²) in [6, 6.07) is 8.27. The van der Waals surface area contributed by atoms with Gasteiger partial charge in [-0.25, -0.2) is 9.98 Å².